The van der Waals surface area contributed by atoms with Crippen molar-refractivity contribution < 1.29 is 9.53 Å². The number of carbonyl (C=O) groups excluding carboxylic acids is 1. The van der Waals surface area contributed by atoms with Crippen LogP contribution in [-0.2, 0) is 18.4 Å². The minimum Gasteiger partial charge on any atom is -0.495 e. The SMILES string of the molecule is COc1ccc(NC(=O)Cn2c(=O)n(C)c(=O)c3sccc32)cc1Cl. The lowest BCUT2D eigenvalue weighted by molar-refractivity contribution is -0.116. The summed E-state index contributed by atoms with van der Waals surface area (Å²) in [6.07, 6.45) is 0. The van der Waals surface area contributed by atoms with Gasteiger partial charge in [-0.05, 0) is 29.6 Å². The number of fused-ring (bicyclic) bond motifs is 1. The van der Waals surface area contributed by atoms with Crippen molar-refractivity contribution in [3.05, 3.63) is 55.5 Å². The van der Waals surface area contributed by atoms with Crippen LogP contribution >= 0.6 is 22.9 Å². The summed E-state index contributed by atoms with van der Waals surface area (Å²) in [4.78, 5) is 36.7. The molecule has 7 nitrogen and oxygen atoms in total. The second-order valence-corrected chi connectivity index (χ2v) is 6.59. The number of thiophene rings is 1. The van der Waals surface area contributed by atoms with Crippen molar-refractivity contribution in [1.82, 2.24) is 9.13 Å². The first-order chi connectivity index (χ1) is 11.9. The highest BCUT2D eigenvalue weighted by atomic mass is 35.5. The lowest BCUT2D eigenvalue weighted by Gasteiger charge is -2.11. The highest BCUT2D eigenvalue weighted by Gasteiger charge is 2.15. The molecule has 1 aromatic carbocycles. The maximum absolute atomic E-state index is 12.3. The number of rotatable bonds is 4. The van der Waals surface area contributed by atoms with Crippen LogP contribution in [0.25, 0.3) is 10.2 Å². The van der Waals surface area contributed by atoms with Gasteiger partial charge in [0.15, 0.2) is 0 Å². The Morgan fingerprint density at radius 1 is 1.32 bits per heavy atom. The predicted molar refractivity (Wildman–Crippen MR) is 98.0 cm³/mol. The van der Waals surface area contributed by atoms with Crippen LogP contribution in [-0.4, -0.2) is 22.2 Å². The second-order valence-electron chi connectivity index (χ2n) is 5.27. The van der Waals surface area contributed by atoms with Gasteiger partial charge < -0.3 is 10.1 Å². The van der Waals surface area contributed by atoms with Crippen molar-refractivity contribution in [3.8, 4) is 5.75 Å². The molecule has 3 aromatic rings. The Labute approximate surface area is 151 Å². The highest BCUT2D eigenvalue weighted by Crippen LogP contribution is 2.27. The number of nitrogens with zero attached hydrogens (tertiary/aromatic N) is 2. The van der Waals surface area contributed by atoms with Crippen LogP contribution in [0.5, 0.6) is 5.75 Å². The van der Waals surface area contributed by atoms with Crippen molar-refractivity contribution in [1.29, 1.82) is 0 Å². The third-order valence-electron chi connectivity index (χ3n) is 3.69. The number of halogens is 1. The molecule has 0 atom stereocenters. The number of benzene rings is 1. The summed E-state index contributed by atoms with van der Waals surface area (Å²) >= 11 is 7.26. The first-order valence-electron chi connectivity index (χ1n) is 7.23. The Bertz CT molecular complexity index is 1080. The van der Waals surface area contributed by atoms with E-state index in [4.69, 9.17) is 16.3 Å². The van der Waals surface area contributed by atoms with Gasteiger partial charge >= 0.3 is 5.69 Å². The molecule has 9 heteroatoms. The van der Waals surface area contributed by atoms with Crippen LogP contribution < -0.4 is 21.3 Å². The number of amides is 1. The molecule has 130 valence electrons. The maximum Gasteiger partial charge on any atom is 0.331 e. The Morgan fingerprint density at radius 3 is 2.76 bits per heavy atom. The fraction of sp³-hybridized carbons (Fsp3) is 0.188. The average Bonchev–Trinajstić information content (AvgIpc) is 3.06. The molecule has 0 radical (unpaired) electrons. The van der Waals surface area contributed by atoms with Crippen LogP contribution in [0, 0.1) is 0 Å². The molecule has 1 N–H and O–H groups in total. The van der Waals surface area contributed by atoms with E-state index in [2.05, 4.69) is 5.32 Å². The zero-order chi connectivity index (χ0) is 18.1. The standard InChI is InChI=1S/C16H14ClN3O4S/c1-19-15(22)14-11(5-6-25-14)20(16(19)23)8-13(21)18-9-3-4-12(24-2)10(17)7-9/h3-7H,8H2,1-2H3,(H,18,21). The zero-order valence-electron chi connectivity index (χ0n) is 13.4. The Hall–Kier alpha value is -2.58. The van der Waals surface area contributed by atoms with Gasteiger partial charge in [0.05, 0.1) is 17.6 Å². The van der Waals surface area contributed by atoms with Gasteiger partial charge in [-0.25, -0.2) is 4.79 Å². The fourth-order valence-corrected chi connectivity index (χ4v) is 3.57. The average molecular weight is 380 g/mol. The summed E-state index contributed by atoms with van der Waals surface area (Å²) in [5.41, 5.74) is 0.0173. The molecular weight excluding hydrogens is 366 g/mol. The maximum atomic E-state index is 12.3. The number of methoxy groups -OCH3 is 1. The number of nitrogens with one attached hydrogen (secondary N) is 1. The van der Waals surface area contributed by atoms with E-state index in [-0.39, 0.29) is 12.1 Å². The monoisotopic (exact) mass is 379 g/mol. The molecular formula is C16H14ClN3O4S. The van der Waals surface area contributed by atoms with Gasteiger partial charge in [-0.3, -0.25) is 18.7 Å². The summed E-state index contributed by atoms with van der Waals surface area (Å²) in [6, 6.07) is 6.49. The minimum absolute atomic E-state index is 0.218. The Balaban J connectivity index is 1.90. The van der Waals surface area contributed by atoms with E-state index >= 15 is 0 Å². The quantitative estimate of drug-likeness (QED) is 0.752. The molecule has 0 saturated heterocycles. The molecule has 0 saturated carbocycles. The zero-order valence-corrected chi connectivity index (χ0v) is 15.0. The van der Waals surface area contributed by atoms with Gasteiger partial charge in [-0.15, -0.1) is 11.3 Å². The van der Waals surface area contributed by atoms with Crippen LogP contribution in [0.4, 0.5) is 5.69 Å². The summed E-state index contributed by atoms with van der Waals surface area (Å²) < 4.78 is 7.76. The minimum atomic E-state index is -0.543. The lowest BCUT2D eigenvalue weighted by atomic mass is 10.3. The molecule has 2 heterocycles. The number of hydrogen-bond donors (Lipinski definition) is 1. The number of anilines is 1. The van der Waals surface area contributed by atoms with E-state index in [9.17, 15) is 14.4 Å². The third kappa shape index (κ3) is 3.18. The number of ether oxygens (including phenoxy) is 1. The van der Waals surface area contributed by atoms with E-state index in [1.165, 1.54) is 30.1 Å². The topological polar surface area (TPSA) is 82.3 Å². The fourth-order valence-electron chi connectivity index (χ4n) is 2.44. The highest BCUT2D eigenvalue weighted by molar-refractivity contribution is 7.17. The molecule has 2 aromatic heterocycles. The van der Waals surface area contributed by atoms with Gasteiger partial charge in [-0.2, -0.15) is 0 Å². The van der Waals surface area contributed by atoms with Crippen molar-refractivity contribution in [2.24, 2.45) is 7.05 Å². The molecule has 25 heavy (non-hydrogen) atoms. The van der Waals surface area contributed by atoms with E-state index in [0.29, 0.717) is 26.7 Å². The Morgan fingerprint density at radius 2 is 2.08 bits per heavy atom. The molecule has 0 aliphatic carbocycles. The summed E-state index contributed by atoms with van der Waals surface area (Å²) in [5.74, 6) is 0.0865. The van der Waals surface area contributed by atoms with Gasteiger partial charge in [-0.1, -0.05) is 11.6 Å². The van der Waals surface area contributed by atoms with Gasteiger partial charge in [0.1, 0.15) is 17.0 Å². The van der Waals surface area contributed by atoms with Crippen molar-refractivity contribution in [3.63, 3.8) is 0 Å². The molecule has 0 aliphatic heterocycles. The first kappa shape index (κ1) is 17.2. The van der Waals surface area contributed by atoms with E-state index in [0.717, 1.165) is 4.57 Å². The molecule has 0 aliphatic rings. The number of hydrogen-bond acceptors (Lipinski definition) is 5. The Kier molecular flexibility index (Phi) is 4.65. The molecule has 0 bridgehead atoms. The summed E-state index contributed by atoms with van der Waals surface area (Å²) in [7, 11) is 2.89. The van der Waals surface area contributed by atoms with Gasteiger partial charge in [0.25, 0.3) is 5.56 Å². The van der Waals surface area contributed by atoms with Crippen LogP contribution in [0.1, 0.15) is 0 Å². The largest absolute Gasteiger partial charge is 0.495 e. The lowest BCUT2D eigenvalue weighted by Crippen LogP contribution is -2.39. The van der Waals surface area contributed by atoms with E-state index in [1.54, 1.807) is 29.6 Å². The molecule has 1 amide bonds. The molecule has 0 unspecified atom stereocenters. The smallest absolute Gasteiger partial charge is 0.331 e. The molecule has 0 fully saturated rings. The van der Waals surface area contributed by atoms with Gasteiger partial charge in [0.2, 0.25) is 5.91 Å². The van der Waals surface area contributed by atoms with E-state index < -0.39 is 11.6 Å². The van der Waals surface area contributed by atoms with Crippen LogP contribution in [0.3, 0.4) is 0 Å². The normalized spacial score (nSPS) is 10.8. The van der Waals surface area contributed by atoms with Gasteiger partial charge in [0, 0.05) is 12.7 Å². The predicted octanol–water partition coefficient (Wildman–Crippen LogP) is 2.06. The number of carbonyl (C=O) groups is 1. The number of aromatic nitrogens is 2. The van der Waals surface area contributed by atoms with Crippen molar-refractivity contribution in [2.45, 2.75) is 6.54 Å². The van der Waals surface area contributed by atoms with Crippen molar-refractivity contribution >= 4 is 44.7 Å². The molecule has 0 spiro atoms. The van der Waals surface area contributed by atoms with Crippen LogP contribution in [0.2, 0.25) is 5.02 Å². The summed E-state index contributed by atoms with van der Waals surface area (Å²) in [5, 5.41) is 4.75. The first-order valence-corrected chi connectivity index (χ1v) is 8.48. The van der Waals surface area contributed by atoms with E-state index in [1.807, 2.05) is 0 Å². The van der Waals surface area contributed by atoms with Crippen molar-refractivity contribution in [2.75, 3.05) is 12.4 Å². The van der Waals surface area contributed by atoms with Crippen LogP contribution in [0.15, 0.2) is 39.2 Å². The second kappa shape index (κ2) is 6.73. The summed E-state index contributed by atoms with van der Waals surface area (Å²) in [6.45, 7) is -0.218. The molecule has 3 rings (SSSR count). The third-order valence-corrected chi connectivity index (χ3v) is 4.88.